The van der Waals surface area contributed by atoms with Gasteiger partial charge in [0.15, 0.2) is 0 Å². The number of hydrogen-bond acceptors (Lipinski definition) is 0. The van der Waals surface area contributed by atoms with E-state index in [4.69, 9.17) is 0 Å². The van der Waals surface area contributed by atoms with E-state index in [1.54, 1.807) is 12.1 Å². The maximum absolute atomic E-state index is 13.3. The van der Waals surface area contributed by atoms with E-state index in [2.05, 4.69) is 0 Å². The van der Waals surface area contributed by atoms with Gasteiger partial charge in [-0.3, -0.25) is 0 Å². The van der Waals surface area contributed by atoms with Crippen molar-refractivity contribution >= 4 is 22.3 Å². The van der Waals surface area contributed by atoms with Crippen molar-refractivity contribution in [1.82, 2.24) is 0 Å². The molecule has 3 heteroatoms. The van der Waals surface area contributed by atoms with Crippen molar-refractivity contribution in [1.29, 1.82) is 0 Å². The Kier molecular flexibility index (Phi) is 6.15. The molecule has 0 bridgehead atoms. The van der Waals surface area contributed by atoms with Crippen LogP contribution in [0.1, 0.15) is 0 Å². The van der Waals surface area contributed by atoms with Crippen molar-refractivity contribution in [2.45, 2.75) is 0 Å². The molecule has 0 aliphatic heterocycles. The summed E-state index contributed by atoms with van der Waals surface area (Å²) in [6, 6.07) is 16.3. The Morgan fingerprint density at radius 2 is 1.27 bits per heavy atom. The quantitative estimate of drug-likeness (QED) is 0.664. The van der Waals surface area contributed by atoms with E-state index >= 15 is 0 Å². The van der Waals surface area contributed by atoms with Gasteiger partial charge in [-0.1, -0.05) is 48.5 Å². The largest absolute Gasteiger partial charge is 0.206 e. The molecule has 0 aliphatic rings. The molecule has 0 spiro atoms. The molecule has 2 rings (SSSR count). The second-order valence-electron chi connectivity index (χ2n) is 2.85. The van der Waals surface area contributed by atoms with Crippen LogP contribution in [0.5, 0.6) is 0 Å². The van der Waals surface area contributed by atoms with Gasteiger partial charge in [-0.15, -0.1) is 12.4 Å². The third kappa shape index (κ3) is 3.30. The molecule has 0 nitrogen and oxygen atoms in total. The van der Waals surface area contributed by atoms with Crippen LogP contribution in [0.25, 0.3) is 11.1 Å². The van der Waals surface area contributed by atoms with E-state index in [0.29, 0.717) is 5.56 Å². The first kappa shape index (κ1) is 14.1. The van der Waals surface area contributed by atoms with Gasteiger partial charge in [0.1, 0.15) is 5.82 Å². The molecule has 0 radical (unpaired) electrons. The van der Waals surface area contributed by atoms with Crippen LogP contribution in [-0.4, -0.2) is 0 Å². The van der Waals surface area contributed by atoms with E-state index in [1.807, 2.05) is 36.4 Å². The average Bonchev–Trinajstić information content (AvgIpc) is 2.20. The predicted octanol–water partition coefficient (Wildman–Crippen LogP) is 3.97. The van der Waals surface area contributed by atoms with E-state index in [0.717, 1.165) is 5.56 Å². The van der Waals surface area contributed by atoms with Crippen molar-refractivity contribution in [2.24, 2.45) is 0 Å². The first-order valence-electron chi connectivity index (χ1n) is 4.18. The molecular formula is C12H13ClFP. The highest BCUT2D eigenvalue weighted by atomic mass is 35.5. The van der Waals surface area contributed by atoms with Crippen LogP contribution >= 0.6 is 22.3 Å². The molecule has 0 fully saturated rings. The zero-order chi connectivity index (χ0) is 9.10. The Balaban J connectivity index is 0.000000980. The predicted molar refractivity (Wildman–Crippen MR) is 70.2 cm³/mol. The standard InChI is InChI=1S/C12H9F.ClH.H3P/c13-12-9-5-4-8-11(12)10-6-2-1-3-7-10;;/h1-9H;1H;1H3. The summed E-state index contributed by atoms with van der Waals surface area (Å²) in [5.74, 6) is -0.172. The minimum Gasteiger partial charge on any atom is -0.206 e. The van der Waals surface area contributed by atoms with Gasteiger partial charge in [0.25, 0.3) is 0 Å². The van der Waals surface area contributed by atoms with Crippen LogP contribution in [0, 0.1) is 5.82 Å². The van der Waals surface area contributed by atoms with Gasteiger partial charge in [-0.2, -0.15) is 9.90 Å². The Labute approximate surface area is 98.6 Å². The Morgan fingerprint density at radius 1 is 0.733 bits per heavy atom. The summed E-state index contributed by atoms with van der Waals surface area (Å²) in [6.45, 7) is 0. The van der Waals surface area contributed by atoms with Gasteiger partial charge in [-0.05, 0) is 11.6 Å². The average molecular weight is 243 g/mol. The minimum absolute atomic E-state index is 0. The maximum Gasteiger partial charge on any atom is 0.131 e. The molecule has 0 aliphatic carbocycles. The lowest BCUT2D eigenvalue weighted by atomic mass is 10.1. The third-order valence-electron chi connectivity index (χ3n) is 1.96. The van der Waals surface area contributed by atoms with Crippen LogP contribution < -0.4 is 0 Å². The fraction of sp³-hybridized carbons (Fsp3) is 0. The number of rotatable bonds is 1. The van der Waals surface area contributed by atoms with Crippen molar-refractivity contribution in [3.8, 4) is 11.1 Å². The number of benzene rings is 2. The van der Waals surface area contributed by atoms with Crippen LogP contribution in [0.2, 0.25) is 0 Å². The molecule has 2 aromatic carbocycles. The fourth-order valence-corrected chi connectivity index (χ4v) is 1.31. The molecule has 1 unspecified atom stereocenters. The molecule has 15 heavy (non-hydrogen) atoms. The van der Waals surface area contributed by atoms with Crippen LogP contribution in [0.15, 0.2) is 54.6 Å². The van der Waals surface area contributed by atoms with Gasteiger partial charge in [0, 0.05) is 5.56 Å². The first-order chi connectivity index (χ1) is 6.38. The third-order valence-corrected chi connectivity index (χ3v) is 1.96. The molecular weight excluding hydrogens is 230 g/mol. The second kappa shape index (κ2) is 6.55. The summed E-state index contributed by atoms with van der Waals surface area (Å²) in [5, 5.41) is 0. The lowest BCUT2D eigenvalue weighted by molar-refractivity contribution is 0.631. The SMILES string of the molecule is Cl.Fc1ccccc1-c1ccccc1.P. The lowest BCUT2D eigenvalue weighted by Crippen LogP contribution is -1.81. The van der Waals surface area contributed by atoms with Gasteiger partial charge >= 0.3 is 0 Å². The summed E-state index contributed by atoms with van der Waals surface area (Å²) in [4.78, 5) is 0. The van der Waals surface area contributed by atoms with Crippen molar-refractivity contribution in [3.05, 3.63) is 60.4 Å². The Bertz CT molecular complexity index is 403. The maximum atomic E-state index is 13.3. The lowest BCUT2D eigenvalue weighted by Gasteiger charge is -2.01. The zero-order valence-corrected chi connectivity index (χ0v) is 10.4. The fourth-order valence-electron chi connectivity index (χ4n) is 1.31. The summed E-state index contributed by atoms with van der Waals surface area (Å²) in [6.07, 6.45) is 0. The van der Waals surface area contributed by atoms with Crippen molar-refractivity contribution in [2.75, 3.05) is 0 Å². The topological polar surface area (TPSA) is 0 Å². The van der Waals surface area contributed by atoms with E-state index in [9.17, 15) is 4.39 Å². The molecule has 0 N–H and O–H groups in total. The smallest absolute Gasteiger partial charge is 0.131 e. The van der Waals surface area contributed by atoms with Crippen LogP contribution in [0.4, 0.5) is 4.39 Å². The first-order valence-corrected chi connectivity index (χ1v) is 4.18. The molecule has 2 aromatic rings. The monoisotopic (exact) mass is 242 g/mol. The van der Waals surface area contributed by atoms with Gasteiger partial charge in [0.05, 0.1) is 0 Å². The highest BCUT2D eigenvalue weighted by molar-refractivity contribution is 6.92. The van der Waals surface area contributed by atoms with E-state index in [1.165, 1.54) is 6.07 Å². The van der Waals surface area contributed by atoms with Gasteiger partial charge < -0.3 is 0 Å². The number of halogens is 2. The highest BCUT2D eigenvalue weighted by Crippen LogP contribution is 2.21. The van der Waals surface area contributed by atoms with Crippen molar-refractivity contribution < 1.29 is 4.39 Å². The summed E-state index contributed by atoms with van der Waals surface area (Å²) >= 11 is 0. The van der Waals surface area contributed by atoms with Gasteiger partial charge in [0.2, 0.25) is 0 Å². The van der Waals surface area contributed by atoms with Gasteiger partial charge in [-0.25, -0.2) is 4.39 Å². The second-order valence-corrected chi connectivity index (χ2v) is 2.85. The molecule has 0 saturated heterocycles. The summed E-state index contributed by atoms with van der Waals surface area (Å²) in [7, 11) is 0. The molecule has 0 heterocycles. The molecule has 80 valence electrons. The molecule has 0 saturated carbocycles. The van der Waals surface area contributed by atoms with E-state index < -0.39 is 0 Å². The molecule has 1 atom stereocenters. The van der Waals surface area contributed by atoms with Crippen LogP contribution in [-0.2, 0) is 0 Å². The zero-order valence-electron chi connectivity index (χ0n) is 8.19. The van der Waals surface area contributed by atoms with Crippen LogP contribution in [0.3, 0.4) is 0 Å². The molecule has 0 amide bonds. The number of hydrogen-bond donors (Lipinski definition) is 0. The van der Waals surface area contributed by atoms with Crippen molar-refractivity contribution in [3.63, 3.8) is 0 Å². The Morgan fingerprint density at radius 3 is 1.87 bits per heavy atom. The summed E-state index contributed by atoms with van der Waals surface area (Å²) < 4.78 is 13.3. The highest BCUT2D eigenvalue weighted by Gasteiger charge is 2.01. The van der Waals surface area contributed by atoms with E-state index in [-0.39, 0.29) is 28.1 Å². The minimum atomic E-state index is -0.172. The Hall–Kier alpha value is -0.910. The molecule has 0 aromatic heterocycles. The summed E-state index contributed by atoms with van der Waals surface area (Å²) in [5.41, 5.74) is 1.57. The normalized spacial score (nSPS) is 8.60.